The van der Waals surface area contributed by atoms with Crippen molar-refractivity contribution in [1.29, 1.82) is 0 Å². The van der Waals surface area contributed by atoms with Gasteiger partial charge in [0.2, 0.25) is 0 Å². The van der Waals surface area contributed by atoms with Crippen LogP contribution in [0.25, 0.3) is 0 Å². The lowest BCUT2D eigenvalue weighted by Crippen LogP contribution is -2.30. The highest BCUT2D eigenvalue weighted by Crippen LogP contribution is 2.29. The van der Waals surface area contributed by atoms with Crippen LogP contribution in [-0.4, -0.2) is 17.0 Å². The van der Waals surface area contributed by atoms with Gasteiger partial charge >= 0.3 is 0 Å². The van der Waals surface area contributed by atoms with Gasteiger partial charge in [-0.2, -0.15) is 0 Å². The molecule has 1 aliphatic heterocycles. The van der Waals surface area contributed by atoms with E-state index in [4.69, 9.17) is 4.74 Å². The Morgan fingerprint density at radius 1 is 1.54 bits per heavy atom. The summed E-state index contributed by atoms with van der Waals surface area (Å²) in [6.45, 7) is 1.72. The molecule has 1 atom stereocenters. The van der Waals surface area contributed by atoms with Crippen LogP contribution in [0.2, 0.25) is 0 Å². The maximum Gasteiger partial charge on any atom is 0.177 e. The molecule has 0 bridgehead atoms. The van der Waals surface area contributed by atoms with Crippen LogP contribution < -0.4 is 4.74 Å². The molecular weight excluding hydrogens is 168 g/mol. The molecule has 1 heterocycles. The van der Waals surface area contributed by atoms with E-state index in [1.54, 1.807) is 19.1 Å². The molecule has 0 aromatic heterocycles. The first-order valence-corrected chi connectivity index (χ1v) is 4.18. The molecule has 1 aromatic rings. The van der Waals surface area contributed by atoms with E-state index in [0.717, 1.165) is 5.56 Å². The SMILES string of the molecule is CC1Oc2cc(O)ccc2CC1=O. The summed E-state index contributed by atoms with van der Waals surface area (Å²) in [5, 5.41) is 9.18. The predicted molar refractivity (Wildman–Crippen MR) is 46.9 cm³/mol. The third-order valence-electron chi connectivity index (χ3n) is 2.17. The molecule has 1 unspecified atom stereocenters. The fourth-order valence-electron chi connectivity index (χ4n) is 1.39. The first-order valence-electron chi connectivity index (χ1n) is 4.18. The summed E-state index contributed by atoms with van der Waals surface area (Å²) in [7, 11) is 0. The predicted octanol–water partition coefficient (Wildman–Crippen LogP) is 1.28. The number of phenolic OH excluding ortho intramolecular Hbond substituents is 1. The molecule has 3 heteroatoms. The number of Topliss-reactive ketones (excluding diaryl/α,β-unsaturated/α-hetero) is 1. The van der Waals surface area contributed by atoms with Gasteiger partial charge in [-0.3, -0.25) is 4.79 Å². The van der Waals surface area contributed by atoms with Crippen molar-refractivity contribution in [3.8, 4) is 11.5 Å². The Labute approximate surface area is 76.0 Å². The van der Waals surface area contributed by atoms with Crippen LogP contribution >= 0.6 is 0 Å². The maximum atomic E-state index is 11.3. The largest absolute Gasteiger partial charge is 0.508 e. The summed E-state index contributed by atoms with van der Waals surface area (Å²) in [6, 6.07) is 4.82. The monoisotopic (exact) mass is 178 g/mol. The van der Waals surface area contributed by atoms with Gasteiger partial charge in [0.05, 0.1) is 0 Å². The number of fused-ring (bicyclic) bond motifs is 1. The van der Waals surface area contributed by atoms with Crippen LogP contribution in [0.4, 0.5) is 0 Å². The van der Waals surface area contributed by atoms with Crippen molar-refractivity contribution in [2.75, 3.05) is 0 Å². The number of carbonyl (C=O) groups excluding carboxylic acids is 1. The Morgan fingerprint density at radius 2 is 2.31 bits per heavy atom. The van der Waals surface area contributed by atoms with Gasteiger partial charge in [-0.1, -0.05) is 6.07 Å². The van der Waals surface area contributed by atoms with Crippen LogP contribution in [0.15, 0.2) is 18.2 Å². The van der Waals surface area contributed by atoms with Crippen molar-refractivity contribution in [2.45, 2.75) is 19.4 Å². The van der Waals surface area contributed by atoms with E-state index in [2.05, 4.69) is 0 Å². The maximum absolute atomic E-state index is 11.3. The lowest BCUT2D eigenvalue weighted by atomic mass is 10.0. The first-order chi connectivity index (χ1) is 6.16. The molecule has 0 aliphatic carbocycles. The molecule has 0 amide bonds. The summed E-state index contributed by atoms with van der Waals surface area (Å²) in [5.74, 6) is 0.866. The third kappa shape index (κ3) is 1.37. The second-order valence-electron chi connectivity index (χ2n) is 3.20. The number of aromatic hydroxyl groups is 1. The molecule has 68 valence electrons. The topological polar surface area (TPSA) is 46.5 Å². The quantitative estimate of drug-likeness (QED) is 0.651. The van der Waals surface area contributed by atoms with E-state index in [1.807, 2.05) is 0 Å². The fourth-order valence-corrected chi connectivity index (χ4v) is 1.39. The van der Waals surface area contributed by atoms with Gasteiger partial charge in [-0.05, 0) is 13.0 Å². The first kappa shape index (κ1) is 8.10. The zero-order chi connectivity index (χ0) is 9.42. The second kappa shape index (κ2) is 2.76. The number of benzene rings is 1. The summed E-state index contributed by atoms with van der Waals surface area (Å²) >= 11 is 0. The Hall–Kier alpha value is -1.51. The molecule has 0 radical (unpaired) electrons. The van der Waals surface area contributed by atoms with Crippen molar-refractivity contribution in [3.63, 3.8) is 0 Å². The van der Waals surface area contributed by atoms with E-state index in [0.29, 0.717) is 12.2 Å². The molecule has 0 saturated heterocycles. The van der Waals surface area contributed by atoms with E-state index >= 15 is 0 Å². The van der Waals surface area contributed by atoms with Gasteiger partial charge in [0.15, 0.2) is 11.9 Å². The average Bonchev–Trinajstić information content (AvgIpc) is 2.08. The average molecular weight is 178 g/mol. The minimum Gasteiger partial charge on any atom is -0.508 e. The number of carbonyl (C=O) groups is 1. The molecule has 3 nitrogen and oxygen atoms in total. The summed E-state index contributed by atoms with van der Waals surface area (Å²) in [4.78, 5) is 11.3. The van der Waals surface area contributed by atoms with Crippen LogP contribution in [0.5, 0.6) is 11.5 Å². The molecule has 13 heavy (non-hydrogen) atoms. The number of ether oxygens (including phenoxy) is 1. The van der Waals surface area contributed by atoms with Crippen LogP contribution in [0.1, 0.15) is 12.5 Å². The lowest BCUT2D eigenvalue weighted by molar-refractivity contribution is -0.125. The normalized spacial score (nSPS) is 20.7. The highest BCUT2D eigenvalue weighted by Gasteiger charge is 2.23. The van der Waals surface area contributed by atoms with Gasteiger partial charge in [0, 0.05) is 18.1 Å². The highest BCUT2D eigenvalue weighted by molar-refractivity contribution is 5.87. The van der Waals surface area contributed by atoms with Gasteiger partial charge in [-0.25, -0.2) is 0 Å². The van der Waals surface area contributed by atoms with Crippen LogP contribution in [0, 0.1) is 0 Å². The van der Waals surface area contributed by atoms with Gasteiger partial charge in [0.25, 0.3) is 0 Å². The summed E-state index contributed by atoms with van der Waals surface area (Å²) < 4.78 is 5.32. The third-order valence-corrected chi connectivity index (χ3v) is 2.17. The molecular formula is C10H10O3. The van der Waals surface area contributed by atoms with E-state index in [1.165, 1.54) is 6.07 Å². The summed E-state index contributed by atoms with van der Waals surface area (Å²) in [6.07, 6.45) is 0.00542. The number of rotatable bonds is 0. The smallest absolute Gasteiger partial charge is 0.177 e. The lowest BCUT2D eigenvalue weighted by Gasteiger charge is -2.21. The van der Waals surface area contributed by atoms with Crippen molar-refractivity contribution in [2.24, 2.45) is 0 Å². The Balaban J connectivity index is 2.42. The zero-order valence-electron chi connectivity index (χ0n) is 7.28. The van der Waals surface area contributed by atoms with Crippen molar-refractivity contribution < 1.29 is 14.6 Å². The molecule has 1 aromatic carbocycles. The van der Waals surface area contributed by atoms with Crippen LogP contribution in [0.3, 0.4) is 0 Å². The molecule has 1 aliphatic rings. The number of ketones is 1. The van der Waals surface area contributed by atoms with Gasteiger partial charge in [0.1, 0.15) is 11.5 Å². The minimum absolute atomic E-state index is 0.0817. The Morgan fingerprint density at radius 3 is 3.08 bits per heavy atom. The van der Waals surface area contributed by atoms with Crippen molar-refractivity contribution in [1.82, 2.24) is 0 Å². The Kier molecular flexibility index (Phi) is 1.72. The molecule has 0 saturated carbocycles. The molecule has 2 rings (SSSR count). The number of phenols is 1. The Bertz CT molecular complexity index is 357. The van der Waals surface area contributed by atoms with E-state index < -0.39 is 6.10 Å². The van der Waals surface area contributed by atoms with Crippen molar-refractivity contribution in [3.05, 3.63) is 23.8 Å². The standard InChI is InChI=1S/C10H10O3/c1-6-9(12)4-7-2-3-8(11)5-10(7)13-6/h2-3,5-6,11H,4H2,1H3. The second-order valence-corrected chi connectivity index (χ2v) is 3.20. The van der Waals surface area contributed by atoms with E-state index in [9.17, 15) is 9.90 Å². The molecule has 0 spiro atoms. The van der Waals surface area contributed by atoms with E-state index in [-0.39, 0.29) is 11.5 Å². The van der Waals surface area contributed by atoms with Crippen LogP contribution in [-0.2, 0) is 11.2 Å². The number of hydrogen-bond donors (Lipinski definition) is 1. The fraction of sp³-hybridized carbons (Fsp3) is 0.300. The number of hydrogen-bond acceptors (Lipinski definition) is 3. The minimum atomic E-state index is -0.394. The van der Waals surface area contributed by atoms with Crippen molar-refractivity contribution >= 4 is 5.78 Å². The molecule has 1 N–H and O–H groups in total. The summed E-state index contributed by atoms with van der Waals surface area (Å²) in [5.41, 5.74) is 0.848. The molecule has 0 fully saturated rings. The zero-order valence-corrected chi connectivity index (χ0v) is 7.28. The highest BCUT2D eigenvalue weighted by atomic mass is 16.5. The van der Waals surface area contributed by atoms with Gasteiger partial charge < -0.3 is 9.84 Å². The van der Waals surface area contributed by atoms with Gasteiger partial charge in [-0.15, -0.1) is 0 Å².